The van der Waals surface area contributed by atoms with Crippen LogP contribution < -0.4 is 0 Å². The molecule has 0 radical (unpaired) electrons. The van der Waals surface area contributed by atoms with Crippen molar-refractivity contribution in [2.24, 2.45) is 0 Å². The summed E-state index contributed by atoms with van der Waals surface area (Å²) in [6.45, 7) is 2.21. The molecule has 0 aromatic rings. The molecule has 0 amide bonds. The Labute approximate surface area is 51.8 Å². The average Bonchev–Trinajstić information content (AvgIpc) is 1.30. The van der Waals surface area contributed by atoms with E-state index in [4.69, 9.17) is 0 Å². The van der Waals surface area contributed by atoms with Gasteiger partial charge in [-0.1, -0.05) is 6.92 Å². The molecule has 7 heavy (non-hydrogen) atoms. The Morgan fingerprint density at radius 1 is 1.29 bits per heavy atom. The van der Waals surface area contributed by atoms with Gasteiger partial charge in [-0.15, -0.1) is 10.8 Å². The van der Waals surface area contributed by atoms with Gasteiger partial charge in [-0.25, -0.2) is 9.06 Å². The summed E-state index contributed by atoms with van der Waals surface area (Å²) in [7, 11) is 1.81. The highest BCUT2D eigenvalue weighted by Crippen LogP contribution is 2.49. The number of rotatable bonds is 2. The van der Waals surface area contributed by atoms with Crippen molar-refractivity contribution in [1.82, 2.24) is 0 Å². The average molecular weight is 138 g/mol. The van der Waals surface area contributed by atoms with Crippen LogP contribution in [0.25, 0.3) is 0 Å². The molecule has 0 saturated heterocycles. The van der Waals surface area contributed by atoms with Crippen molar-refractivity contribution >= 4 is 19.9 Å². The Morgan fingerprint density at radius 2 is 1.71 bits per heavy atom. The van der Waals surface area contributed by atoms with Gasteiger partial charge in [-0.2, -0.15) is 0 Å². The molecular formula is C5H14S2. The summed E-state index contributed by atoms with van der Waals surface area (Å²) in [5, 5.41) is 0. The zero-order chi connectivity index (χ0) is 5.91. The molecule has 0 aliphatic carbocycles. The van der Waals surface area contributed by atoms with E-state index in [9.17, 15) is 0 Å². The molecule has 46 valence electrons. The smallest absolute Gasteiger partial charge is 0.000670 e. The summed E-state index contributed by atoms with van der Waals surface area (Å²) in [4.78, 5) is 0. The van der Waals surface area contributed by atoms with Crippen molar-refractivity contribution in [3.8, 4) is 0 Å². The molecule has 0 saturated carbocycles. The maximum Gasteiger partial charge on any atom is -0.000670 e. The van der Waals surface area contributed by atoms with Gasteiger partial charge in [-0.05, 0) is 24.5 Å². The summed E-state index contributed by atoms with van der Waals surface area (Å²) in [5.41, 5.74) is 0. The summed E-state index contributed by atoms with van der Waals surface area (Å²) >= 11 is 0. The van der Waals surface area contributed by atoms with E-state index in [1.165, 1.54) is 5.75 Å². The highest BCUT2D eigenvalue weighted by molar-refractivity contribution is 8.93. The predicted molar refractivity (Wildman–Crippen MR) is 43.5 cm³/mol. The summed E-state index contributed by atoms with van der Waals surface area (Å²) in [6, 6.07) is 0. The van der Waals surface area contributed by atoms with Gasteiger partial charge >= 0.3 is 0 Å². The molecule has 0 heterocycles. The van der Waals surface area contributed by atoms with Gasteiger partial charge in [0.2, 0.25) is 0 Å². The zero-order valence-electron chi connectivity index (χ0n) is 5.52. The topological polar surface area (TPSA) is 0 Å². The second-order valence-corrected chi connectivity index (χ2v) is 10.1. The minimum atomic E-state index is -0.258. The minimum Gasteiger partial charge on any atom is -0.201 e. The Hall–Kier alpha value is 0.700. The molecule has 0 aliphatic heterocycles. The molecule has 0 N–H and O–H groups in total. The lowest BCUT2D eigenvalue weighted by molar-refractivity contribution is 1.54. The van der Waals surface area contributed by atoms with E-state index in [0.29, 0.717) is 0 Å². The standard InChI is InChI=1S/C5H14S2/c1-5-6-7(2,3)4/h5H2,1-4H3. The molecule has 0 aliphatic rings. The van der Waals surface area contributed by atoms with Crippen molar-refractivity contribution in [2.75, 3.05) is 24.5 Å². The normalized spacial score (nSPS) is 14.3. The van der Waals surface area contributed by atoms with Crippen LogP contribution >= 0.6 is 19.9 Å². The van der Waals surface area contributed by atoms with E-state index in [0.717, 1.165) is 0 Å². The SMILES string of the molecule is CCSS(C)(C)C. The Bertz CT molecular complexity index is 44.5. The molecule has 0 atom stereocenters. The van der Waals surface area contributed by atoms with Gasteiger partial charge in [0.15, 0.2) is 0 Å². The molecule has 0 rings (SSSR count). The number of hydrogen-bond donors (Lipinski definition) is 0. The van der Waals surface area contributed by atoms with Crippen LogP contribution in [0, 0.1) is 0 Å². The maximum absolute atomic E-state index is 2.32. The third kappa shape index (κ3) is 6.70. The third-order valence-electron chi connectivity index (χ3n) is 0.471. The van der Waals surface area contributed by atoms with E-state index in [1.807, 2.05) is 0 Å². The monoisotopic (exact) mass is 138 g/mol. The van der Waals surface area contributed by atoms with Crippen LogP contribution in [0.5, 0.6) is 0 Å². The van der Waals surface area contributed by atoms with Crippen LogP contribution in [0.15, 0.2) is 0 Å². The van der Waals surface area contributed by atoms with Crippen molar-refractivity contribution < 1.29 is 0 Å². The predicted octanol–water partition coefficient (Wildman–Crippen LogP) is 2.35. The van der Waals surface area contributed by atoms with Crippen molar-refractivity contribution in [3.63, 3.8) is 0 Å². The highest BCUT2D eigenvalue weighted by Gasteiger charge is 1.99. The summed E-state index contributed by atoms with van der Waals surface area (Å²) < 4.78 is 0. The van der Waals surface area contributed by atoms with Crippen LogP contribution in [0.3, 0.4) is 0 Å². The van der Waals surface area contributed by atoms with Gasteiger partial charge in [-0.3, -0.25) is 0 Å². The van der Waals surface area contributed by atoms with Crippen LogP contribution in [0.2, 0.25) is 0 Å². The molecule has 0 unspecified atom stereocenters. The van der Waals surface area contributed by atoms with Gasteiger partial charge in [0.25, 0.3) is 0 Å². The van der Waals surface area contributed by atoms with E-state index in [1.54, 1.807) is 0 Å². The zero-order valence-corrected chi connectivity index (χ0v) is 7.16. The summed E-state index contributed by atoms with van der Waals surface area (Å²) in [5.74, 6) is 1.26. The van der Waals surface area contributed by atoms with Crippen molar-refractivity contribution in [2.45, 2.75) is 6.92 Å². The highest BCUT2D eigenvalue weighted by atomic mass is 33.2. The van der Waals surface area contributed by atoms with Crippen LogP contribution in [-0.2, 0) is 0 Å². The quantitative estimate of drug-likeness (QED) is 0.528. The first-order valence-corrected chi connectivity index (χ1v) is 6.75. The lowest BCUT2D eigenvalue weighted by Crippen LogP contribution is -1.83. The molecule has 0 nitrogen and oxygen atoms in total. The fourth-order valence-corrected chi connectivity index (χ4v) is 3.18. The van der Waals surface area contributed by atoms with Gasteiger partial charge < -0.3 is 0 Å². The molecule has 0 spiro atoms. The van der Waals surface area contributed by atoms with Gasteiger partial charge in [0, 0.05) is 0 Å². The fraction of sp³-hybridized carbons (Fsp3) is 1.00. The van der Waals surface area contributed by atoms with Crippen molar-refractivity contribution in [3.05, 3.63) is 0 Å². The molecule has 0 bridgehead atoms. The second-order valence-electron chi connectivity index (χ2n) is 2.13. The Kier molecular flexibility index (Phi) is 3.16. The van der Waals surface area contributed by atoms with Crippen molar-refractivity contribution in [1.29, 1.82) is 0 Å². The Balaban J connectivity index is 3.15. The van der Waals surface area contributed by atoms with E-state index in [2.05, 4.69) is 36.5 Å². The molecular weight excluding hydrogens is 124 g/mol. The van der Waals surface area contributed by atoms with Crippen LogP contribution in [0.4, 0.5) is 0 Å². The molecule has 0 aromatic heterocycles. The summed E-state index contributed by atoms with van der Waals surface area (Å²) in [6.07, 6.45) is 6.96. The van der Waals surface area contributed by atoms with Crippen LogP contribution in [0.1, 0.15) is 6.92 Å². The first kappa shape index (κ1) is 7.70. The van der Waals surface area contributed by atoms with Gasteiger partial charge in [0.05, 0.1) is 0 Å². The largest absolute Gasteiger partial charge is 0.201 e. The molecule has 2 heteroatoms. The second kappa shape index (κ2) is 2.88. The van der Waals surface area contributed by atoms with E-state index < -0.39 is 0 Å². The third-order valence-corrected chi connectivity index (χ3v) is 4.24. The van der Waals surface area contributed by atoms with E-state index >= 15 is 0 Å². The first-order valence-electron chi connectivity index (χ1n) is 2.39. The van der Waals surface area contributed by atoms with Crippen LogP contribution in [-0.4, -0.2) is 24.5 Å². The maximum atomic E-state index is 2.32. The first-order chi connectivity index (χ1) is 3.06. The molecule has 0 aromatic carbocycles. The Morgan fingerprint density at radius 3 is 1.71 bits per heavy atom. The fourth-order valence-electron chi connectivity index (χ4n) is 0.354. The lowest BCUT2D eigenvalue weighted by atomic mass is 11.0. The minimum absolute atomic E-state index is 0.258. The molecule has 0 fully saturated rings. The number of hydrogen-bond acceptors (Lipinski definition) is 1. The lowest BCUT2D eigenvalue weighted by Gasteiger charge is -2.22. The van der Waals surface area contributed by atoms with E-state index in [-0.39, 0.29) is 9.06 Å². The van der Waals surface area contributed by atoms with Gasteiger partial charge in [0.1, 0.15) is 0 Å².